The van der Waals surface area contributed by atoms with Gasteiger partial charge >= 0.3 is 0 Å². The van der Waals surface area contributed by atoms with Gasteiger partial charge in [0.25, 0.3) is 0 Å². The Morgan fingerprint density at radius 1 is 1.38 bits per heavy atom. The van der Waals surface area contributed by atoms with Crippen LogP contribution in [0.5, 0.6) is 0 Å². The van der Waals surface area contributed by atoms with Gasteiger partial charge in [-0.3, -0.25) is 0 Å². The molecule has 0 aliphatic heterocycles. The third-order valence-corrected chi connectivity index (χ3v) is 2.66. The highest BCUT2D eigenvalue weighted by molar-refractivity contribution is 5.55. The van der Waals surface area contributed by atoms with Crippen LogP contribution in [0.4, 0.5) is 10.1 Å². The number of anilines is 1. The second kappa shape index (κ2) is 5.85. The third kappa shape index (κ3) is 2.73. The number of aliphatic hydroxyl groups is 1. The predicted octanol–water partition coefficient (Wildman–Crippen LogP) is 3.12. The molecule has 0 amide bonds. The smallest absolute Gasteiger partial charge is 0.146 e. The van der Waals surface area contributed by atoms with E-state index < -0.39 is 6.10 Å². The van der Waals surface area contributed by atoms with E-state index >= 15 is 0 Å². The molecule has 3 heteroatoms. The molecule has 1 N–H and O–H groups in total. The molecule has 0 aliphatic rings. The first kappa shape index (κ1) is 13.0. The first-order valence-electron chi connectivity index (χ1n) is 5.83. The molecule has 0 fully saturated rings. The zero-order chi connectivity index (χ0) is 12.1. The zero-order valence-corrected chi connectivity index (χ0v) is 10.2. The zero-order valence-electron chi connectivity index (χ0n) is 10.2. The number of benzene rings is 1. The van der Waals surface area contributed by atoms with E-state index in [1.807, 2.05) is 11.8 Å². The minimum absolute atomic E-state index is 0.256. The van der Waals surface area contributed by atoms with Gasteiger partial charge in [-0.15, -0.1) is 0 Å². The lowest BCUT2D eigenvalue weighted by Gasteiger charge is -2.26. The molecule has 1 atom stereocenters. The molecule has 1 rings (SSSR count). The van der Waals surface area contributed by atoms with Gasteiger partial charge < -0.3 is 10.0 Å². The summed E-state index contributed by atoms with van der Waals surface area (Å²) >= 11 is 0. The fourth-order valence-corrected chi connectivity index (χ4v) is 1.90. The molecule has 90 valence electrons. The van der Waals surface area contributed by atoms with Crippen LogP contribution in [0.2, 0.25) is 0 Å². The van der Waals surface area contributed by atoms with E-state index in [4.69, 9.17) is 0 Å². The van der Waals surface area contributed by atoms with Gasteiger partial charge in [-0.05, 0) is 26.3 Å². The molecule has 1 aromatic rings. The summed E-state index contributed by atoms with van der Waals surface area (Å²) in [6, 6.07) is 4.86. The molecule has 0 saturated heterocycles. The number of rotatable bonds is 5. The van der Waals surface area contributed by atoms with Gasteiger partial charge in [-0.2, -0.15) is 0 Å². The van der Waals surface area contributed by atoms with E-state index in [1.165, 1.54) is 6.07 Å². The Labute approximate surface area is 96.7 Å². The van der Waals surface area contributed by atoms with Crippen LogP contribution in [-0.4, -0.2) is 18.2 Å². The highest BCUT2D eigenvalue weighted by Crippen LogP contribution is 2.29. The van der Waals surface area contributed by atoms with E-state index in [1.54, 1.807) is 19.1 Å². The lowest BCUT2D eigenvalue weighted by Crippen LogP contribution is -2.26. The summed E-state index contributed by atoms with van der Waals surface area (Å²) in [6.45, 7) is 7.27. The van der Waals surface area contributed by atoms with Crippen LogP contribution in [0.3, 0.4) is 0 Å². The maximum atomic E-state index is 13.8. The van der Waals surface area contributed by atoms with Crippen molar-refractivity contribution in [2.75, 3.05) is 18.0 Å². The molecule has 0 aromatic heterocycles. The van der Waals surface area contributed by atoms with E-state index in [2.05, 4.69) is 6.92 Å². The maximum Gasteiger partial charge on any atom is 0.146 e. The van der Waals surface area contributed by atoms with Crippen molar-refractivity contribution >= 4 is 5.69 Å². The Kier molecular flexibility index (Phi) is 4.74. The normalized spacial score (nSPS) is 12.6. The Bertz CT molecular complexity index is 339. The average Bonchev–Trinajstić information content (AvgIpc) is 2.26. The van der Waals surface area contributed by atoms with E-state index in [0.29, 0.717) is 11.3 Å². The lowest BCUT2D eigenvalue weighted by atomic mass is 10.1. The summed E-state index contributed by atoms with van der Waals surface area (Å²) in [7, 11) is 0. The Morgan fingerprint density at radius 3 is 2.56 bits per heavy atom. The van der Waals surface area contributed by atoms with Crippen LogP contribution in [0.1, 0.15) is 38.9 Å². The SMILES string of the molecule is CCCN(CC)c1c(F)cccc1C(C)O. The van der Waals surface area contributed by atoms with Crippen molar-refractivity contribution in [2.45, 2.75) is 33.3 Å². The fourth-order valence-electron chi connectivity index (χ4n) is 1.90. The molecule has 0 bridgehead atoms. The lowest BCUT2D eigenvalue weighted by molar-refractivity contribution is 0.199. The third-order valence-electron chi connectivity index (χ3n) is 2.66. The number of aliphatic hydroxyl groups excluding tert-OH is 1. The Balaban J connectivity index is 3.17. The first-order valence-corrected chi connectivity index (χ1v) is 5.83. The van der Waals surface area contributed by atoms with Crippen LogP contribution in [0, 0.1) is 5.82 Å². The molecule has 2 nitrogen and oxygen atoms in total. The largest absolute Gasteiger partial charge is 0.389 e. The van der Waals surface area contributed by atoms with Crippen molar-refractivity contribution in [3.8, 4) is 0 Å². The summed E-state index contributed by atoms with van der Waals surface area (Å²) in [6.07, 6.45) is 0.318. The predicted molar refractivity (Wildman–Crippen MR) is 65.2 cm³/mol. The van der Waals surface area contributed by atoms with E-state index in [9.17, 15) is 9.50 Å². The number of hydrogen-bond acceptors (Lipinski definition) is 2. The van der Waals surface area contributed by atoms with Crippen LogP contribution in [0.15, 0.2) is 18.2 Å². The highest BCUT2D eigenvalue weighted by atomic mass is 19.1. The highest BCUT2D eigenvalue weighted by Gasteiger charge is 2.16. The fraction of sp³-hybridized carbons (Fsp3) is 0.538. The van der Waals surface area contributed by atoms with Crippen molar-refractivity contribution in [3.63, 3.8) is 0 Å². The molecule has 0 heterocycles. The van der Waals surface area contributed by atoms with Gasteiger partial charge in [0.05, 0.1) is 11.8 Å². The first-order chi connectivity index (χ1) is 7.61. The van der Waals surface area contributed by atoms with Gasteiger partial charge in [0.15, 0.2) is 0 Å². The van der Waals surface area contributed by atoms with Crippen LogP contribution in [0.25, 0.3) is 0 Å². The van der Waals surface area contributed by atoms with Gasteiger partial charge in [-0.1, -0.05) is 19.1 Å². The molecule has 0 radical (unpaired) electrons. The molecule has 1 aromatic carbocycles. The van der Waals surface area contributed by atoms with E-state index in [-0.39, 0.29) is 5.82 Å². The van der Waals surface area contributed by atoms with Crippen LogP contribution in [-0.2, 0) is 0 Å². The van der Waals surface area contributed by atoms with Crippen molar-refractivity contribution in [1.82, 2.24) is 0 Å². The molecular formula is C13H20FNO. The van der Waals surface area contributed by atoms with Crippen molar-refractivity contribution in [2.24, 2.45) is 0 Å². The van der Waals surface area contributed by atoms with Gasteiger partial charge in [0, 0.05) is 18.7 Å². The Hall–Kier alpha value is -1.09. The molecule has 1 unspecified atom stereocenters. The van der Waals surface area contributed by atoms with E-state index in [0.717, 1.165) is 19.5 Å². The van der Waals surface area contributed by atoms with Gasteiger partial charge in [-0.25, -0.2) is 4.39 Å². The molecule has 0 aliphatic carbocycles. The van der Waals surface area contributed by atoms with Crippen molar-refractivity contribution < 1.29 is 9.50 Å². The number of para-hydroxylation sites is 1. The topological polar surface area (TPSA) is 23.5 Å². The van der Waals surface area contributed by atoms with Crippen LogP contribution >= 0.6 is 0 Å². The Morgan fingerprint density at radius 2 is 2.06 bits per heavy atom. The summed E-state index contributed by atoms with van der Waals surface area (Å²) < 4.78 is 13.8. The van der Waals surface area contributed by atoms with Crippen molar-refractivity contribution in [1.29, 1.82) is 0 Å². The summed E-state index contributed by atoms with van der Waals surface area (Å²) in [5.74, 6) is -0.256. The summed E-state index contributed by atoms with van der Waals surface area (Å²) in [4.78, 5) is 1.97. The van der Waals surface area contributed by atoms with Gasteiger partial charge in [0.2, 0.25) is 0 Å². The minimum Gasteiger partial charge on any atom is -0.389 e. The average molecular weight is 225 g/mol. The quantitative estimate of drug-likeness (QED) is 0.832. The summed E-state index contributed by atoms with van der Waals surface area (Å²) in [5.41, 5.74) is 1.21. The second-order valence-electron chi connectivity index (χ2n) is 3.93. The minimum atomic E-state index is -0.642. The molecule has 16 heavy (non-hydrogen) atoms. The summed E-state index contributed by atoms with van der Waals surface area (Å²) in [5, 5.41) is 9.65. The number of hydrogen-bond donors (Lipinski definition) is 1. The molecule has 0 saturated carbocycles. The maximum absolute atomic E-state index is 13.8. The molecule has 0 spiro atoms. The number of nitrogens with zero attached hydrogens (tertiary/aromatic N) is 1. The monoisotopic (exact) mass is 225 g/mol. The standard InChI is InChI=1S/C13H20FNO/c1-4-9-15(5-2)13-11(10(3)16)7-6-8-12(13)14/h6-8,10,16H,4-5,9H2,1-3H3. The van der Waals surface area contributed by atoms with Gasteiger partial charge in [0.1, 0.15) is 5.82 Å². The van der Waals surface area contributed by atoms with Crippen molar-refractivity contribution in [3.05, 3.63) is 29.6 Å². The second-order valence-corrected chi connectivity index (χ2v) is 3.93. The number of halogens is 1. The van der Waals surface area contributed by atoms with Crippen LogP contribution < -0.4 is 4.90 Å². The molecular weight excluding hydrogens is 205 g/mol.